The van der Waals surface area contributed by atoms with Crippen LogP contribution in [-0.2, 0) is 6.42 Å². The molecule has 2 nitrogen and oxygen atoms in total. The van der Waals surface area contributed by atoms with Gasteiger partial charge in [0.1, 0.15) is 11.5 Å². The molecular weight excluding hydrogens is 404 g/mol. The number of aromatic hydroxyl groups is 2. The number of phenolic OH excluding ortho intramolecular Hbond substituents is 2. The van der Waals surface area contributed by atoms with Gasteiger partial charge < -0.3 is 10.2 Å². The molecule has 2 heteroatoms. The Balaban J connectivity index is 1.86. The lowest BCUT2D eigenvalue weighted by molar-refractivity contribution is 0.475. The van der Waals surface area contributed by atoms with Crippen molar-refractivity contribution in [2.45, 2.75) is 32.6 Å². The molecule has 0 aliphatic carbocycles. The maximum Gasteiger partial charge on any atom is 0.115 e. The molecule has 0 saturated heterocycles. The Morgan fingerprint density at radius 2 is 1.06 bits per heavy atom. The van der Waals surface area contributed by atoms with E-state index in [0.717, 1.165) is 17.5 Å². The number of aryl methyl sites for hydroxylation is 1. The van der Waals surface area contributed by atoms with Crippen LogP contribution in [0.2, 0.25) is 0 Å². The summed E-state index contributed by atoms with van der Waals surface area (Å²) < 4.78 is 0. The van der Waals surface area contributed by atoms with Gasteiger partial charge in [-0.3, -0.25) is 0 Å². The Bertz CT molecular complexity index is 1410. The van der Waals surface area contributed by atoms with Crippen molar-refractivity contribution in [3.63, 3.8) is 0 Å². The fourth-order valence-electron chi connectivity index (χ4n) is 4.84. The molecule has 5 aromatic rings. The first kappa shape index (κ1) is 21.1. The van der Waals surface area contributed by atoms with Gasteiger partial charge in [0.25, 0.3) is 0 Å². The first-order valence-corrected chi connectivity index (χ1v) is 11.7. The molecule has 0 atom stereocenters. The van der Waals surface area contributed by atoms with Gasteiger partial charge in [-0.05, 0) is 86.5 Å². The molecule has 0 unspecified atom stereocenters. The average Bonchev–Trinajstić information content (AvgIpc) is 2.84. The molecule has 33 heavy (non-hydrogen) atoms. The van der Waals surface area contributed by atoms with Crippen molar-refractivity contribution in [3.05, 3.63) is 96.6 Å². The molecule has 0 radical (unpaired) electrons. The monoisotopic (exact) mass is 432 g/mol. The van der Waals surface area contributed by atoms with Crippen LogP contribution in [0.25, 0.3) is 43.8 Å². The van der Waals surface area contributed by atoms with Crippen molar-refractivity contribution < 1.29 is 10.2 Å². The summed E-state index contributed by atoms with van der Waals surface area (Å²) >= 11 is 0. The first-order chi connectivity index (χ1) is 16.2. The zero-order valence-corrected chi connectivity index (χ0v) is 18.9. The van der Waals surface area contributed by atoms with Crippen molar-refractivity contribution in [2.24, 2.45) is 0 Å². The van der Waals surface area contributed by atoms with E-state index in [-0.39, 0.29) is 11.5 Å². The lowest BCUT2D eigenvalue weighted by atomic mass is 9.85. The van der Waals surface area contributed by atoms with Crippen LogP contribution in [0.15, 0.2) is 91.0 Å². The third kappa shape index (κ3) is 4.05. The number of benzene rings is 5. The highest BCUT2D eigenvalue weighted by molar-refractivity contribution is 6.21. The van der Waals surface area contributed by atoms with Crippen LogP contribution in [0.4, 0.5) is 0 Å². The summed E-state index contributed by atoms with van der Waals surface area (Å²) in [6.45, 7) is 2.24. The second-order valence-electron chi connectivity index (χ2n) is 8.73. The molecule has 164 valence electrons. The van der Waals surface area contributed by atoms with E-state index in [1.54, 1.807) is 24.3 Å². The molecule has 0 aromatic heterocycles. The van der Waals surface area contributed by atoms with Gasteiger partial charge in [0.05, 0.1) is 0 Å². The summed E-state index contributed by atoms with van der Waals surface area (Å²) in [5, 5.41) is 24.5. The molecule has 0 heterocycles. The predicted molar refractivity (Wildman–Crippen MR) is 139 cm³/mol. The summed E-state index contributed by atoms with van der Waals surface area (Å²) in [5.41, 5.74) is 5.91. The Morgan fingerprint density at radius 3 is 1.61 bits per heavy atom. The minimum Gasteiger partial charge on any atom is -0.508 e. The molecule has 0 spiro atoms. The molecule has 0 aliphatic rings. The third-order valence-electron chi connectivity index (χ3n) is 6.47. The van der Waals surface area contributed by atoms with Crippen molar-refractivity contribution in [2.75, 3.05) is 0 Å². The molecule has 5 aromatic carbocycles. The van der Waals surface area contributed by atoms with Gasteiger partial charge in [-0.1, -0.05) is 86.5 Å². The Morgan fingerprint density at radius 1 is 0.545 bits per heavy atom. The number of fused-ring (bicyclic) bond motifs is 2. The molecule has 5 rings (SSSR count). The molecule has 0 aliphatic heterocycles. The SMILES string of the molecule is CCCCCc1ccc2c(-c3ccc(O)cc3)c3ccccc3c(-c3ccc(O)cc3)c2c1. The van der Waals surface area contributed by atoms with E-state index < -0.39 is 0 Å². The standard InChI is InChI=1S/C31H28O2/c1-2-3-4-7-21-10-19-28-29(20-21)31(23-13-17-25(33)18-14-23)27-9-6-5-8-26(27)30(28)22-11-15-24(32)16-12-22/h5-6,8-20,32-33H,2-4,7H2,1H3. The number of phenols is 2. The fraction of sp³-hybridized carbons (Fsp3) is 0.161. The normalized spacial score (nSPS) is 11.3. The predicted octanol–water partition coefficient (Wildman–Crippen LogP) is 8.47. The highest BCUT2D eigenvalue weighted by Gasteiger charge is 2.17. The van der Waals surface area contributed by atoms with Gasteiger partial charge in [0, 0.05) is 0 Å². The maximum atomic E-state index is 9.89. The van der Waals surface area contributed by atoms with Crippen LogP contribution in [0.5, 0.6) is 11.5 Å². The molecule has 0 fully saturated rings. The number of hydrogen-bond acceptors (Lipinski definition) is 2. The van der Waals surface area contributed by atoms with Crippen molar-refractivity contribution in [3.8, 4) is 33.8 Å². The molecule has 0 saturated carbocycles. The Labute approximate surface area is 194 Å². The van der Waals surface area contributed by atoms with E-state index in [0.29, 0.717) is 0 Å². The summed E-state index contributed by atoms with van der Waals surface area (Å²) in [6, 6.07) is 30.4. The topological polar surface area (TPSA) is 40.5 Å². The van der Waals surface area contributed by atoms with Crippen LogP contribution in [-0.4, -0.2) is 10.2 Å². The van der Waals surface area contributed by atoms with E-state index in [4.69, 9.17) is 0 Å². The van der Waals surface area contributed by atoms with E-state index in [9.17, 15) is 10.2 Å². The zero-order chi connectivity index (χ0) is 22.8. The van der Waals surface area contributed by atoms with Crippen LogP contribution in [0.1, 0.15) is 31.7 Å². The minimum absolute atomic E-state index is 0.270. The Hall–Kier alpha value is -3.78. The molecular formula is C31H28O2. The number of rotatable bonds is 6. The number of hydrogen-bond donors (Lipinski definition) is 2. The Kier molecular flexibility index (Phi) is 5.75. The van der Waals surface area contributed by atoms with Crippen LogP contribution in [0, 0.1) is 0 Å². The van der Waals surface area contributed by atoms with Gasteiger partial charge in [0.2, 0.25) is 0 Å². The number of unbranched alkanes of at least 4 members (excludes halogenated alkanes) is 2. The van der Waals surface area contributed by atoms with Crippen LogP contribution < -0.4 is 0 Å². The van der Waals surface area contributed by atoms with E-state index in [1.807, 2.05) is 24.3 Å². The van der Waals surface area contributed by atoms with Crippen molar-refractivity contribution in [1.82, 2.24) is 0 Å². The molecule has 0 amide bonds. The molecule has 0 bridgehead atoms. The second-order valence-corrected chi connectivity index (χ2v) is 8.73. The second kappa shape index (κ2) is 8.99. The lowest BCUT2D eigenvalue weighted by Crippen LogP contribution is -1.93. The van der Waals surface area contributed by atoms with Crippen molar-refractivity contribution >= 4 is 21.5 Å². The molecule has 2 N–H and O–H groups in total. The fourth-order valence-corrected chi connectivity index (χ4v) is 4.84. The summed E-state index contributed by atoms with van der Waals surface area (Å²) in [5.74, 6) is 0.541. The maximum absolute atomic E-state index is 9.89. The zero-order valence-electron chi connectivity index (χ0n) is 18.9. The van der Waals surface area contributed by atoms with Gasteiger partial charge >= 0.3 is 0 Å². The largest absolute Gasteiger partial charge is 0.508 e. The lowest BCUT2D eigenvalue weighted by Gasteiger charge is -2.18. The minimum atomic E-state index is 0.270. The van der Waals surface area contributed by atoms with Gasteiger partial charge in [-0.15, -0.1) is 0 Å². The van der Waals surface area contributed by atoms with Gasteiger partial charge in [-0.25, -0.2) is 0 Å². The van der Waals surface area contributed by atoms with Crippen LogP contribution in [0.3, 0.4) is 0 Å². The quantitative estimate of drug-likeness (QED) is 0.209. The summed E-state index contributed by atoms with van der Waals surface area (Å²) in [6.07, 6.45) is 4.70. The first-order valence-electron chi connectivity index (χ1n) is 11.7. The van der Waals surface area contributed by atoms with E-state index in [1.165, 1.54) is 57.5 Å². The third-order valence-corrected chi connectivity index (χ3v) is 6.47. The van der Waals surface area contributed by atoms with E-state index in [2.05, 4.69) is 49.4 Å². The summed E-state index contributed by atoms with van der Waals surface area (Å²) in [4.78, 5) is 0. The van der Waals surface area contributed by atoms with Crippen molar-refractivity contribution in [1.29, 1.82) is 0 Å². The highest BCUT2D eigenvalue weighted by atomic mass is 16.3. The van der Waals surface area contributed by atoms with Gasteiger partial charge in [-0.2, -0.15) is 0 Å². The van der Waals surface area contributed by atoms with Gasteiger partial charge in [0.15, 0.2) is 0 Å². The summed E-state index contributed by atoms with van der Waals surface area (Å²) in [7, 11) is 0. The van der Waals surface area contributed by atoms with E-state index >= 15 is 0 Å². The average molecular weight is 433 g/mol. The smallest absolute Gasteiger partial charge is 0.115 e. The van der Waals surface area contributed by atoms with Crippen LogP contribution >= 0.6 is 0 Å². The highest BCUT2D eigenvalue weighted by Crippen LogP contribution is 2.44.